The second-order valence-electron chi connectivity index (χ2n) is 7.15. The van der Waals surface area contributed by atoms with Gasteiger partial charge in [-0.25, -0.2) is 0 Å². The normalized spacial score (nSPS) is 10.9. The molecule has 0 saturated carbocycles. The largest absolute Gasteiger partial charge is 0.490 e. The van der Waals surface area contributed by atoms with E-state index in [-0.39, 0.29) is 23.3 Å². The van der Waals surface area contributed by atoms with Crippen molar-refractivity contribution in [2.24, 2.45) is 0 Å². The van der Waals surface area contributed by atoms with Crippen LogP contribution in [-0.4, -0.2) is 19.1 Å². The van der Waals surface area contributed by atoms with Crippen molar-refractivity contribution in [3.8, 4) is 17.6 Å². The van der Waals surface area contributed by atoms with Gasteiger partial charge in [-0.05, 0) is 73.0 Å². The highest BCUT2D eigenvalue weighted by Gasteiger charge is 2.15. The molecule has 3 rings (SSSR count). The van der Waals surface area contributed by atoms with Crippen molar-refractivity contribution in [1.29, 1.82) is 5.26 Å². The summed E-state index contributed by atoms with van der Waals surface area (Å²) < 4.78 is 12.3. The molecule has 0 aliphatic rings. The predicted molar refractivity (Wildman–Crippen MR) is 136 cm³/mol. The molecule has 0 heterocycles. The fraction of sp³-hybridized carbons (Fsp3) is 0.154. The fourth-order valence-electron chi connectivity index (χ4n) is 3.11. The molecule has 0 aliphatic carbocycles. The zero-order valence-electron chi connectivity index (χ0n) is 18.2. The summed E-state index contributed by atoms with van der Waals surface area (Å²) in [5.74, 6) is 0.356. The fourth-order valence-corrected chi connectivity index (χ4v) is 3.65. The molecular weight excluding hydrogens is 504 g/mol. The Morgan fingerprint density at radius 1 is 1.15 bits per heavy atom. The van der Waals surface area contributed by atoms with Gasteiger partial charge < -0.3 is 14.8 Å². The van der Waals surface area contributed by atoms with Gasteiger partial charge >= 0.3 is 0 Å². The monoisotopic (exact) mass is 524 g/mol. The van der Waals surface area contributed by atoms with Gasteiger partial charge in [-0.3, -0.25) is 4.79 Å². The number of nitrogens with one attached hydrogen (secondary N) is 1. The first-order valence-corrected chi connectivity index (χ1v) is 11.4. The van der Waals surface area contributed by atoms with Crippen LogP contribution in [0.5, 0.6) is 11.5 Å². The molecule has 0 aromatic heterocycles. The Morgan fingerprint density at radius 2 is 1.91 bits per heavy atom. The second kappa shape index (κ2) is 11.6. The summed E-state index contributed by atoms with van der Waals surface area (Å²) in [4.78, 5) is 12.3. The number of benzene rings is 3. The van der Waals surface area contributed by atoms with Gasteiger partial charge in [-0.2, -0.15) is 5.26 Å². The van der Waals surface area contributed by atoms with E-state index in [0.717, 1.165) is 15.6 Å². The van der Waals surface area contributed by atoms with E-state index in [1.807, 2.05) is 62.4 Å². The number of rotatable bonds is 8. The summed E-state index contributed by atoms with van der Waals surface area (Å²) in [6.07, 6.45) is 1.73. The van der Waals surface area contributed by atoms with Crippen LogP contribution in [0.3, 0.4) is 0 Å². The SMILES string of the molecule is CCOc1cc(/C=C(\C#N)c2ccc(Br)cc2)cc(Cl)c1OCC(=O)Nc1cccc(C)c1. The molecule has 1 N–H and O–H groups in total. The molecule has 3 aromatic rings. The van der Waals surface area contributed by atoms with Crippen molar-refractivity contribution in [1.82, 2.24) is 0 Å². The van der Waals surface area contributed by atoms with Crippen LogP contribution in [0.1, 0.15) is 23.6 Å². The number of amides is 1. The Kier molecular flexibility index (Phi) is 8.53. The zero-order valence-corrected chi connectivity index (χ0v) is 20.5. The third-order valence-corrected chi connectivity index (χ3v) is 5.38. The number of ether oxygens (including phenoxy) is 2. The molecule has 7 heteroatoms. The summed E-state index contributed by atoms with van der Waals surface area (Å²) >= 11 is 9.87. The lowest BCUT2D eigenvalue weighted by Gasteiger charge is -2.15. The maximum atomic E-state index is 12.3. The minimum atomic E-state index is -0.315. The summed E-state index contributed by atoms with van der Waals surface area (Å²) in [5, 5.41) is 12.7. The van der Waals surface area contributed by atoms with Crippen LogP contribution in [-0.2, 0) is 4.79 Å². The molecule has 33 heavy (non-hydrogen) atoms. The first kappa shape index (κ1) is 24.4. The van der Waals surface area contributed by atoms with Crippen molar-refractivity contribution in [2.75, 3.05) is 18.5 Å². The second-order valence-corrected chi connectivity index (χ2v) is 8.47. The lowest BCUT2D eigenvalue weighted by Crippen LogP contribution is -2.20. The van der Waals surface area contributed by atoms with Gasteiger partial charge in [-0.15, -0.1) is 0 Å². The highest BCUT2D eigenvalue weighted by Crippen LogP contribution is 2.37. The summed E-state index contributed by atoms with van der Waals surface area (Å²) in [5.41, 5.74) is 3.67. The minimum absolute atomic E-state index is 0.231. The van der Waals surface area contributed by atoms with Crippen LogP contribution in [0.2, 0.25) is 5.02 Å². The number of nitrogens with zero attached hydrogens (tertiary/aromatic N) is 1. The number of carbonyl (C=O) groups is 1. The van der Waals surface area contributed by atoms with Crippen molar-refractivity contribution in [3.05, 3.63) is 86.8 Å². The predicted octanol–water partition coefficient (Wildman–Crippen LogP) is 6.89. The van der Waals surface area contributed by atoms with Gasteiger partial charge in [0.1, 0.15) is 0 Å². The van der Waals surface area contributed by atoms with E-state index in [2.05, 4.69) is 27.3 Å². The first-order valence-electron chi connectivity index (χ1n) is 10.2. The van der Waals surface area contributed by atoms with E-state index in [4.69, 9.17) is 21.1 Å². The molecule has 0 atom stereocenters. The molecule has 1 amide bonds. The molecule has 0 radical (unpaired) electrons. The Bertz CT molecular complexity index is 1220. The van der Waals surface area contributed by atoms with Crippen molar-refractivity contribution < 1.29 is 14.3 Å². The van der Waals surface area contributed by atoms with E-state index >= 15 is 0 Å². The number of hydrogen-bond acceptors (Lipinski definition) is 4. The molecular formula is C26H22BrClN2O3. The smallest absolute Gasteiger partial charge is 0.262 e. The number of hydrogen-bond donors (Lipinski definition) is 1. The van der Waals surface area contributed by atoms with E-state index < -0.39 is 0 Å². The molecule has 0 fully saturated rings. The summed E-state index contributed by atoms with van der Waals surface area (Å²) in [6, 6.07) is 20.6. The Hall–Kier alpha value is -3.27. The highest BCUT2D eigenvalue weighted by molar-refractivity contribution is 9.10. The average molecular weight is 526 g/mol. The highest BCUT2D eigenvalue weighted by atomic mass is 79.9. The lowest BCUT2D eigenvalue weighted by atomic mass is 10.0. The first-order chi connectivity index (χ1) is 15.9. The third kappa shape index (κ3) is 6.85. The molecule has 0 spiro atoms. The molecule has 0 unspecified atom stereocenters. The number of carbonyl (C=O) groups excluding carboxylic acids is 1. The van der Waals surface area contributed by atoms with Crippen LogP contribution >= 0.6 is 27.5 Å². The maximum absolute atomic E-state index is 12.3. The van der Waals surface area contributed by atoms with Crippen LogP contribution < -0.4 is 14.8 Å². The van der Waals surface area contributed by atoms with Crippen LogP contribution in [0.15, 0.2) is 65.1 Å². The van der Waals surface area contributed by atoms with Gasteiger partial charge in [0.25, 0.3) is 5.91 Å². The van der Waals surface area contributed by atoms with Gasteiger partial charge in [0.15, 0.2) is 18.1 Å². The molecule has 5 nitrogen and oxygen atoms in total. The van der Waals surface area contributed by atoms with E-state index in [1.165, 1.54) is 0 Å². The number of allylic oxidation sites excluding steroid dienone is 1. The molecule has 0 bridgehead atoms. The standard InChI is InChI=1S/C26H22BrClN2O3/c1-3-32-24-14-18(12-20(15-29)19-7-9-21(27)10-8-19)13-23(28)26(24)33-16-25(31)30-22-6-4-5-17(2)11-22/h4-14H,3,16H2,1-2H3,(H,30,31)/b20-12+. The van der Waals surface area contributed by atoms with E-state index in [0.29, 0.717) is 29.2 Å². The van der Waals surface area contributed by atoms with E-state index in [9.17, 15) is 10.1 Å². The minimum Gasteiger partial charge on any atom is -0.490 e. The van der Waals surface area contributed by atoms with Crippen molar-refractivity contribution in [3.63, 3.8) is 0 Å². The molecule has 168 valence electrons. The Labute approximate surface area is 206 Å². The maximum Gasteiger partial charge on any atom is 0.262 e. The lowest BCUT2D eigenvalue weighted by molar-refractivity contribution is -0.118. The van der Waals surface area contributed by atoms with Crippen LogP contribution in [0, 0.1) is 18.3 Å². The molecule has 3 aromatic carbocycles. The van der Waals surface area contributed by atoms with E-state index in [1.54, 1.807) is 18.2 Å². The number of nitriles is 1. The zero-order chi connectivity index (χ0) is 23.8. The Morgan fingerprint density at radius 3 is 2.58 bits per heavy atom. The van der Waals surface area contributed by atoms with Gasteiger partial charge in [-0.1, -0.05) is 51.8 Å². The quantitative estimate of drug-likeness (QED) is 0.257. The number of anilines is 1. The van der Waals surface area contributed by atoms with Crippen molar-refractivity contribution >= 4 is 50.8 Å². The van der Waals surface area contributed by atoms with Gasteiger partial charge in [0, 0.05) is 10.2 Å². The van der Waals surface area contributed by atoms with Gasteiger partial charge in [0.05, 0.1) is 23.3 Å². The Balaban J connectivity index is 1.81. The van der Waals surface area contributed by atoms with Crippen LogP contribution in [0.4, 0.5) is 5.69 Å². The van der Waals surface area contributed by atoms with Gasteiger partial charge in [0.2, 0.25) is 0 Å². The average Bonchev–Trinajstić information content (AvgIpc) is 2.78. The number of aryl methyl sites for hydroxylation is 1. The van der Waals surface area contributed by atoms with Crippen LogP contribution in [0.25, 0.3) is 11.6 Å². The summed E-state index contributed by atoms with van der Waals surface area (Å²) in [6.45, 7) is 3.94. The topological polar surface area (TPSA) is 71.3 Å². The van der Waals surface area contributed by atoms with Crippen molar-refractivity contribution in [2.45, 2.75) is 13.8 Å². The summed E-state index contributed by atoms with van der Waals surface area (Å²) in [7, 11) is 0. The number of halogens is 2. The third-order valence-electron chi connectivity index (χ3n) is 4.57. The molecule has 0 aliphatic heterocycles. The molecule has 0 saturated heterocycles.